The van der Waals surface area contributed by atoms with Crippen molar-refractivity contribution in [3.8, 4) is 11.4 Å². The molecule has 0 aliphatic heterocycles. The Balaban J connectivity index is 2.24. The molecule has 2 aromatic heterocycles. The van der Waals surface area contributed by atoms with Crippen LogP contribution in [-0.4, -0.2) is 15.0 Å². The summed E-state index contributed by atoms with van der Waals surface area (Å²) in [4.78, 5) is 11.9. The van der Waals surface area contributed by atoms with Crippen LogP contribution in [0.4, 0.5) is 13.2 Å². The minimum absolute atomic E-state index is 0.0443. The number of fused-ring (bicyclic) bond motifs is 1. The zero-order valence-electron chi connectivity index (χ0n) is 11.0. The Morgan fingerprint density at radius 3 is 2.52 bits per heavy atom. The fraction of sp³-hybridized carbons (Fsp3) is 0.133. The van der Waals surface area contributed by atoms with Gasteiger partial charge in [0.1, 0.15) is 5.69 Å². The number of pyridine rings is 1. The van der Waals surface area contributed by atoms with Crippen molar-refractivity contribution in [1.29, 1.82) is 0 Å². The highest BCUT2D eigenvalue weighted by Gasteiger charge is 2.32. The van der Waals surface area contributed by atoms with E-state index in [9.17, 15) is 13.2 Å². The highest BCUT2D eigenvalue weighted by molar-refractivity contribution is 5.94. The Hall–Kier alpha value is -2.50. The summed E-state index contributed by atoms with van der Waals surface area (Å²) < 4.78 is 38.3. The Labute approximate surface area is 118 Å². The minimum Gasteiger partial charge on any atom is -0.256 e. The van der Waals surface area contributed by atoms with Crippen molar-refractivity contribution in [2.24, 2.45) is 0 Å². The maximum atomic E-state index is 12.8. The largest absolute Gasteiger partial charge is 0.433 e. The van der Waals surface area contributed by atoms with Crippen LogP contribution in [0.5, 0.6) is 0 Å². The third-order valence-electron chi connectivity index (χ3n) is 3.16. The van der Waals surface area contributed by atoms with Crippen LogP contribution in [0, 0.1) is 6.92 Å². The lowest BCUT2D eigenvalue weighted by atomic mass is 10.0. The first-order chi connectivity index (χ1) is 9.97. The molecule has 0 fully saturated rings. The van der Waals surface area contributed by atoms with Crippen LogP contribution in [0.15, 0.2) is 42.7 Å². The number of nitrogens with zero attached hydrogens (tertiary/aromatic N) is 3. The Bertz CT molecular complexity index is 813. The molecule has 3 nitrogen and oxygen atoms in total. The van der Waals surface area contributed by atoms with E-state index in [0.29, 0.717) is 5.56 Å². The van der Waals surface area contributed by atoms with Gasteiger partial charge >= 0.3 is 6.18 Å². The summed E-state index contributed by atoms with van der Waals surface area (Å²) in [7, 11) is 0. The summed E-state index contributed by atoms with van der Waals surface area (Å²) in [5.74, 6) is 0.0443. The zero-order chi connectivity index (χ0) is 15.0. The molecule has 0 saturated heterocycles. The Morgan fingerprint density at radius 1 is 0.952 bits per heavy atom. The van der Waals surface area contributed by atoms with Crippen molar-refractivity contribution in [2.75, 3.05) is 0 Å². The molecule has 0 aliphatic carbocycles. The van der Waals surface area contributed by atoms with E-state index in [4.69, 9.17) is 0 Å². The van der Waals surface area contributed by atoms with Gasteiger partial charge in [0.25, 0.3) is 0 Å². The van der Waals surface area contributed by atoms with Crippen molar-refractivity contribution in [2.45, 2.75) is 13.1 Å². The Kier molecular flexibility index (Phi) is 3.08. The van der Waals surface area contributed by atoms with Crippen LogP contribution >= 0.6 is 0 Å². The van der Waals surface area contributed by atoms with Gasteiger partial charge in [0.15, 0.2) is 5.82 Å². The lowest BCUT2D eigenvalue weighted by Gasteiger charge is -2.09. The predicted molar refractivity (Wildman–Crippen MR) is 72.5 cm³/mol. The van der Waals surface area contributed by atoms with Gasteiger partial charge < -0.3 is 0 Å². The number of hydrogen-bond donors (Lipinski definition) is 0. The molecule has 0 amide bonds. The predicted octanol–water partition coefficient (Wildman–Crippen LogP) is 4.02. The van der Waals surface area contributed by atoms with Crippen LogP contribution in [0.1, 0.15) is 11.3 Å². The highest BCUT2D eigenvalue weighted by Crippen LogP contribution is 2.31. The van der Waals surface area contributed by atoms with Gasteiger partial charge in [0.2, 0.25) is 0 Å². The summed E-state index contributed by atoms with van der Waals surface area (Å²) in [5, 5.41) is 0.733. The van der Waals surface area contributed by atoms with Gasteiger partial charge in [-0.25, -0.2) is 9.97 Å². The van der Waals surface area contributed by atoms with E-state index in [1.165, 1.54) is 0 Å². The topological polar surface area (TPSA) is 38.7 Å². The molecule has 0 spiro atoms. The van der Waals surface area contributed by atoms with E-state index in [1.54, 1.807) is 30.5 Å². The molecule has 0 N–H and O–H groups in total. The molecule has 6 heteroatoms. The first-order valence-corrected chi connectivity index (χ1v) is 6.22. The normalized spacial score (nSPS) is 11.8. The molecule has 0 aliphatic rings. The van der Waals surface area contributed by atoms with E-state index in [-0.39, 0.29) is 5.82 Å². The number of aromatic nitrogens is 3. The van der Waals surface area contributed by atoms with Gasteiger partial charge in [-0.2, -0.15) is 13.2 Å². The lowest BCUT2D eigenvalue weighted by Crippen LogP contribution is -2.09. The first-order valence-electron chi connectivity index (χ1n) is 6.22. The van der Waals surface area contributed by atoms with Gasteiger partial charge in [-0.05, 0) is 24.6 Å². The van der Waals surface area contributed by atoms with Crippen molar-refractivity contribution >= 4 is 10.9 Å². The minimum atomic E-state index is -4.49. The van der Waals surface area contributed by atoms with Crippen LogP contribution in [0.25, 0.3) is 22.3 Å². The van der Waals surface area contributed by atoms with Gasteiger partial charge in [-0.15, -0.1) is 0 Å². The van der Waals surface area contributed by atoms with Crippen molar-refractivity contribution in [1.82, 2.24) is 15.0 Å². The number of benzene rings is 1. The molecule has 0 unspecified atom stereocenters. The molecule has 1 aromatic carbocycles. The third-order valence-corrected chi connectivity index (χ3v) is 3.16. The zero-order valence-corrected chi connectivity index (χ0v) is 11.0. The summed E-state index contributed by atoms with van der Waals surface area (Å²) >= 11 is 0. The van der Waals surface area contributed by atoms with E-state index >= 15 is 0 Å². The van der Waals surface area contributed by atoms with Crippen LogP contribution in [0.2, 0.25) is 0 Å². The van der Waals surface area contributed by atoms with E-state index in [1.807, 2.05) is 6.92 Å². The van der Waals surface area contributed by atoms with Crippen molar-refractivity contribution < 1.29 is 13.2 Å². The first kappa shape index (κ1) is 13.5. The molecule has 106 valence electrons. The SMILES string of the molecule is Cc1ccc(-c2nccc(C(F)(F)F)n2)c2cccnc12. The molecule has 3 rings (SSSR count). The van der Waals surface area contributed by atoms with Crippen molar-refractivity contribution in [3.63, 3.8) is 0 Å². The van der Waals surface area contributed by atoms with Crippen LogP contribution < -0.4 is 0 Å². The van der Waals surface area contributed by atoms with Crippen molar-refractivity contribution in [3.05, 3.63) is 54.0 Å². The van der Waals surface area contributed by atoms with Gasteiger partial charge in [-0.1, -0.05) is 18.2 Å². The van der Waals surface area contributed by atoms with E-state index in [0.717, 1.165) is 28.7 Å². The van der Waals surface area contributed by atoms with Crippen LogP contribution in [-0.2, 0) is 6.18 Å². The third kappa shape index (κ3) is 2.44. The molecular formula is C15H10F3N3. The monoisotopic (exact) mass is 289 g/mol. The summed E-state index contributed by atoms with van der Waals surface area (Å²) in [6.45, 7) is 1.89. The average Bonchev–Trinajstić information content (AvgIpc) is 2.47. The number of halogens is 3. The summed E-state index contributed by atoms with van der Waals surface area (Å²) in [6.07, 6.45) is -1.73. The molecular weight excluding hydrogens is 279 g/mol. The van der Waals surface area contributed by atoms with Gasteiger partial charge in [0, 0.05) is 23.3 Å². The molecule has 21 heavy (non-hydrogen) atoms. The fourth-order valence-corrected chi connectivity index (χ4v) is 2.16. The second-order valence-corrected chi connectivity index (χ2v) is 4.59. The maximum absolute atomic E-state index is 12.8. The molecule has 2 heterocycles. The smallest absolute Gasteiger partial charge is 0.256 e. The van der Waals surface area contributed by atoms with E-state index < -0.39 is 11.9 Å². The number of alkyl halides is 3. The fourth-order valence-electron chi connectivity index (χ4n) is 2.16. The Morgan fingerprint density at radius 2 is 1.76 bits per heavy atom. The van der Waals surface area contributed by atoms with Gasteiger partial charge in [0.05, 0.1) is 5.52 Å². The molecule has 0 radical (unpaired) electrons. The van der Waals surface area contributed by atoms with Gasteiger partial charge in [-0.3, -0.25) is 4.98 Å². The lowest BCUT2D eigenvalue weighted by molar-refractivity contribution is -0.141. The van der Waals surface area contributed by atoms with E-state index in [2.05, 4.69) is 15.0 Å². The number of aryl methyl sites for hydroxylation is 1. The number of rotatable bonds is 1. The number of hydrogen-bond acceptors (Lipinski definition) is 3. The molecule has 0 saturated carbocycles. The molecule has 3 aromatic rings. The second-order valence-electron chi connectivity index (χ2n) is 4.59. The molecule has 0 bridgehead atoms. The highest BCUT2D eigenvalue weighted by atomic mass is 19.4. The average molecular weight is 289 g/mol. The molecule has 0 atom stereocenters. The van der Waals surface area contributed by atoms with Crippen LogP contribution in [0.3, 0.4) is 0 Å². The standard InChI is InChI=1S/C15H10F3N3/c1-9-4-5-11(10-3-2-7-19-13(9)10)14-20-8-6-12(21-14)15(16,17)18/h2-8H,1H3. The maximum Gasteiger partial charge on any atom is 0.433 e. The summed E-state index contributed by atoms with van der Waals surface area (Å²) in [6, 6.07) is 7.91. The quantitative estimate of drug-likeness (QED) is 0.679. The second kappa shape index (κ2) is 4.80. The summed E-state index contributed by atoms with van der Waals surface area (Å²) in [5.41, 5.74) is 1.26.